The minimum atomic E-state index is -2.77. The van der Waals surface area contributed by atoms with E-state index < -0.39 is 47.6 Å². The van der Waals surface area contributed by atoms with E-state index >= 15 is 0 Å². The fourth-order valence-electron chi connectivity index (χ4n) is 4.99. The van der Waals surface area contributed by atoms with Crippen molar-refractivity contribution < 1.29 is 44.0 Å². The number of aliphatic carboxylic acids is 2. The number of allylic oxidation sites excluding steroid dienone is 1. The van der Waals surface area contributed by atoms with E-state index in [-0.39, 0.29) is 18.8 Å². The molecule has 0 aromatic heterocycles. The van der Waals surface area contributed by atoms with Crippen LogP contribution in [0.5, 0.6) is 5.75 Å². The number of carbonyl (C=O) groups is 5. The average Bonchev–Trinajstić information content (AvgIpc) is 3.00. The molecule has 0 saturated heterocycles. The van der Waals surface area contributed by atoms with Crippen LogP contribution in [0.2, 0.25) is 0 Å². The Hall–Kier alpha value is -3.97. The summed E-state index contributed by atoms with van der Waals surface area (Å²) in [7, 11) is 0. The van der Waals surface area contributed by atoms with Crippen LogP contribution in [0.4, 0.5) is 0 Å². The number of carbonyl (C=O) groups excluding carboxylic acids is 3. The van der Waals surface area contributed by atoms with Crippen LogP contribution in [0.25, 0.3) is 0 Å². The fourth-order valence-corrected chi connectivity index (χ4v) is 4.99. The Bertz CT molecular complexity index is 1210. The number of Topliss-reactive ketones (excluding diaryl/α,β-unsaturated/α-hetero) is 2. The zero-order chi connectivity index (χ0) is 34.4. The van der Waals surface area contributed by atoms with E-state index in [0.717, 1.165) is 39.0 Å². The molecule has 1 amide bonds. The second-order valence-corrected chi connectivity index (χ2v) is 11.6. The van der Waals surface area contributed by atoms with Gasteiger partial charge in [0.2, 0.25) is 5.91 Å². The lowest BCUT2D eigenvalue weighted by Gasteiger charge is -2.30. The summed E-state index contributed by atoms with van der Waals surface area (Å²) in [5.41, 5.74) is -2.20. The molecule has 3 atom stereocenters. The predicted octanol–water partition coefficient (Wildman–Crippen LogP) is 5.44. The van der Waals surface area contributed by atoms with Crippen molar-refractivity contribution in [1.82, 2.24) is 5.32 Å². The van der Waals surface area contributed by atoms with Crippen molar-refractivity contribution in [1.29, 1.82) is 0 Å². The van der Waals surface area contributed by atoms with Crippen molar-refractivity contribution in [3.05, 3.63) is 42.0 Å². The number of carboxylic acids is 2. The van der Waals surface area contributed by atoms with Crippen molar-refractivity contribution in [2.24, 2.45) is 5.92 Å². The largest absolute Gasteiger partial charge is 0.481 e. The summed E-state index contributed by atoms with van der Waals surface area (Å²) >= 11 is 0. The number of rotatable bonds is 25. The van der Waals surface area contributed by atoms with Gasteiger partial charge in [-0.3, -0.25) is 14.4 Å². The van der Waals surface area contributed by atoms with Gasteiger partial charge in [0.25, 0.3) is 0 Å². The molecule has 0 aliphatic carbocycles. The maximum atomic E-state index is 13.4. The molecule has 0 heterocycles. The molecule has 1 aromatic carbocycles. The maximum Gasteiger partial charge on any atom is 0.337 e. The quantitative estimate of drug-likeness (QED) is 0.0618. The van der Waals surface area contributed by atoms with Crippen molar-refractivity contribution in [2.45, 2.75) is 122 Å². The Balaban J connectivity index is 2.83. The molecule has 0 spiro atoms. The first kappa shape index (κ1) is 40.1. The summed E-state index contributed by atoms with van der Waals surface area (Å²) < 4.78 is 5.46. The third-order valence-corrected chi connectivity index (χ3v) is 7.62. The zero-order valence-electron chi connectivity index (χ0n) is 27.5. The summed E-state index contributed by atoms with van der Waals surface area (Å²) in [5, 5.41) is 33.1. The zero-order valence-corrected chi connectivity index (χ0v) is 27.5. The van der Waals surface area contributed by atoms with Crippen LogP contribution in [0.15, 0.2) is 36.4 Å². The average molecular weight is 642 g/mol. The molecule has 0 unspecified atom stereocenters. The summed E-state index contributed by atoms with van der Waals surface area (Å²) in [4.78, 5) is 61.5. The molecule has 0 bridgehead atoms. The molecule has 254 valence electrons. The van der Waals surface area contributed by atoms with Gasteiger partial charge in [-0.15, -0.1) is 5.92 Å². The Labute approximate surface area is 273 Å². The van der Waals surface area contributed by atoms with Gasteiger partial charge < -0.3 is 25.4 Å². The smallest absolute Gasteiger partial charge is 0.337 e. The van der Waals surface area contributed by atoms with Crippen molar-refractivity contribution in [3.63, 3.8) is 0 Å². The SMILES string of the molecule is CC#CCOc1ccc(C[C@H](NC(=O)[C@@H](/C=C/CCCCCCC(=O)CCCCCCC)[C@@](O)(CC(C)=O)C(=O)O)C(=O)O)cc1. The van der Waals surface area contributed by atoms with Gasteiger partial charge in [-0.1, -0.05) is 75.7 Å². The van der Waals surface area contributed by atoms with Crippen LogP contribution in [0, 0.1) is 17.8 Å². The first-order valence-electron chi connectivity index (χ1n) is 16.2. The molecule has 0 saturated carbocycles. The third-order valence-electron chi connectivity index (χ3n) is 7.62. The Morgan fingerprint density at radius 2 is 1.54 bits per heavy atom. The maximum absolute atomic E-state index is 13.4. The minimum absolute atomic E-state index is 0.119. The monoisotopic (exact) mass is 641 g/mol. The molecule has 46 heavy (non-hydrogen) atoms. The van der Waals surface area contributed by atoms with Crippen LogP contribution >= 0.6 is 0 Å². The standard InChI is InChI=1S/C36H51NO9/c1-4-6-8-11-14-17-29(39)18-15-12-9-10-13-16-19-31(36(45,35(43)44)26-27(3)38)33(40)37-32(34(41)42)25-28-20-22-30(23-21-28)46-24-7-5-2/h16,19-23,31-32,45H,4,6,8-15,17-18,24-26H2,1-3H3,(H,37,40)(H,41,42)(H,43,44)/b19-16+/t31-,32+,36+/m1/s1. The first-order valence-corrected chi connectivity index (χ1v) is 16.2. The third kappa shape index (κ3) is 15.8. The van der Waals surface area contributed by atoms with Crippen LogP contribution in [-0.2, 0) is 30.4 Å². The van der Waals surface area contributed by atoms with E-state index in [1.165, 1.54) is 25.3 Å². The summed E-state index contributed by atoms with van der Waals surface area (Å²) in [5.74, 6) is -0.213. The molecule has 0 aliphatic heterocycles. The van der Waals surface area contributed by atoms with Crippen LogP contribution in [-0.4, -0.2) is 63.0 Å². The number of ether oxygens (including phenoxy) is 1. The normalized spacial score (nSPS) is 13.6. The lowest BCUT2D eigenvalue weighted by molar-refractivity contribution is -0.169. The Kier molecular flexibility index (Phi) is 19.6. The summed E-state index contributed by atoms with van der Waals surface area (Å²) in [6.45, 7) is 5.15. The number of aliphatic hydroxyl groups is 1. The first-order chi connectivity index (χ1) is 21.9. The number of amides is 1. The molecular weight excluding hydrogens is 590 g/mol. The van der Waals surface area contributed by atoms with E-state index in [1.54, 1.807) is 37.3 Å². The highest BCUT2D eigenvalue weighted by molar-refractivity contribution is 5.95. The second-order valence-electron chi connectivity index (χ2n) is 11.6. The molecule has 4 N–H and O–H groups in total. The highest BCUT2D eigenvalue weighted by atomic mass is 16.5. The van der Waals surface area contributed by atoms with Crippen LogP contribution in [0.3, 0.4) is 0 Å². The number of benzene rings is 1. The molecule has 0 radical (unpaired) electrons. The van der Waals surface area contributed by atoms with Gasteiger partial charge in [0, 0.05) is 25.7 Å². The predicted molar refractivity (Wildman–Crippen MR) is 175 cm³/mol. The van der Waals surface area contributed by atoms with E-state index in [9.17, 15) is 39.3 Å². The Morgan fingerprint density at radius 3 is 2.09 bits per heavy atom. The van der Waals surface area contributed by atoms with Gasteiger partial charge in [0.05, 0.1) is 5.92 Å². The van der Waals surface area contributed by atoms with E-state index in [1.807, 2.05) is 0 Å². The minimum Gasteiger partial charge on any atom is -0.481 e. The van der Waals surface area contributed by atoms with Crippen molar-refractivity contribution in [2.75, 3.05) is 6.61 Å². The van der Waals surface area contributed by atoms with Crippen molar-refractivity contribution in [3.8, 4) is 17.6 Å². The summed E-state index contributed by atoms with van der Waals surface area (Å²) in [6.07, 6.45) is 12.2. The molecule has 10 heteroatoms. The number of carboxylic acid groups (broad SMARTS) is 2. The van der Waals surface area contributed by atoms with E-state index in [0.29, 0.717) is 37.0 Å². The molecule has 1 aromatic rings. The number of hydrogen-bond acceptors (Lipinski definition) is 7. The Morgan fingerprint density at radius 1 is 0.935 bits per heavy atom. The van der Waals surface area contributed by atoms with Crippen LogP contribution in [0.1, 0.15) is 110 Å². The lowest BCUT2D eigenvalue weighted by atomic mass is 9.81. The van der Waals surface area contributed by atoms with Gasteiger partial charge in [-0.2, -0.15) is 0 Å². The summed E-state index contributed by atoms with van der Waals surface area (Å²) in [6, 6.07) is 5.13. The van der Waals surface area contributed by atoms with Crippen LogP contribution < -0.4 is 10.1 Å². The highest BCUT2D eigenvalue weighted by Gasteiger charge is 2.48. The highest BCUT2D eigenvalue weighted by Crippen LogP contribution is 2.26. The van der Waals surface area contributed by atoms with Gasteiger partial charge in [-0.05, 0) is 57.2 Å². The molecule has 10 nitrogen and oxygen atoms in total. The molecule has 0 fully saturated rings. The van der Waals surface area contributed by atoms with Gasteiger partial charge in [-0.25, -0.2) is 9.59 Å². The lowest BCUT2D eigenvalue weighted by Crippen LogP contribution is -2.55. The molecule has 1 rings (SSSR count). The second kappa shape index (κ2) is 22.5. The van der Waals surface area contributed by atoms with Gasteiger partial charge in [0.15, 0.2) is 5.60 Å². The van der Waals surface area contributed by atoms with Gasteiger partial charge in [0.1, 0.15) is 30.0 Å². The number of unbranched alkanes of at least 4 members (excludes halogenated alkanes) is 8. The van der Waals surface area contributed by atoms with Gasteiger partial charge >= 0.3 is 11.9 Å². The fraction of sp³-hybridized carbons (Fsp3) is 0.583. The number of nitrogens with one attached hydrogen (secondary N) is 1. The van der Waals surface area contributed by atoms with Crippen molar-refractivity contribution >= 4 is 29.4 Å². The number of ketones is 2. The number of hydrogen-bond donors (Lipinski definition) is 4. The molecule has 0 aliphatic rings. The van der Waals surface area contributed by atoms with E-state index in [2.05, 4.69) is 24.1 Å². The van der Waals surface area contributed by atoms with E-state index in [4.69, 9.17) is 4.74 Å². The molecular formula is C36H51NO9. The topological polar surface area (TPSA) is 167 Å².